The van der Waals surface area contributed by atoms with Crippen LogP contribution in [0.3, 0.4) is 0 Å². The van der Waals surface area contributed by atoms with E-state index in [1.54, 1.807) is 0 Å². The molecule has 0 aromatic heterocycles. The van der Waals surface area contributed by atoms with Crippen LogP contribution in [-0.4, -0.2) is 45.0 Å². The van der Waals surface area contributed by atoms with Gasteiger partial charge in [-0.05, 0) is 22.9 Å². The molecule has 178 valence electrons. The summed E-state index contributed by atoms with van der Waals surface area (Å²) in [6.07, 6.45) is 0.543. The Bertz CT molecular complexity index is 933. The molecule has 2 aromatic rings. The molecule has 0 aliphatic carbocycles. The van der Waals surface area contributed by atoms with E-state index < -0.39 is 36.9 Å². The predicted molar refractivity (Wildman–Crippen MR) is 129 cm³/mol. The van der Waals surface area contributed by atoms with Crippen LogP contribution < -0.4 is 10.6 Å². The Labute approximate surface area is 195 Å². The Morgan fingerprint density at radius 1 is 0.818 bits per heavy atom. The molecule has 33 heavy (non-hydrogen) atoms. The lowest BCUT2D eigenvalue weighted by Crippen LogP contribution is -2.41. The summed E-state index contributed by atoms with van der Waals surface area (Å²) >= 11 is 0. The van der Waals surface area contributed by atoms with Gasteiger partial charge < -0.3 is 14.2 Å². The van der Waals surface area contributed by atoms with Gasteiger partial charge in [-0.3, -0.25) is 9.59 Å². The molecule has 0 fully saturated rings. The summed E-state index contributed by atoms with van der Waals surface area (Å²) in [5, 5.41) is 1.70. The highest BCUT2D eigenvalue weighted by molar-refractivity contribution is 7.81. The van der Waals surface area contributed by atoms with Gasteiger partial charge in [0.2, 0.25) is 0 Å². The van der Waals surface area contributed by atoms with Crippen LogP contribution in [0.1, 0.15) is 26.7 Å². The third-order valence-electron chi connectivity index (χ3n) is 5.88. The van der Waals surface area contributed by atoms with E-state index in [0.29, 0.717) is 12.8 Å². The molecule has 2 atom stereocenters. The van der Waals surface area contributed by atoms with E-state index in [-0.39, 0.29) is 5.66 Å². The summed E-state index contributed by atoms with van der Waals surface area (Å²) in [5.74, 6) is -2.96. The highest BCUT2D eigenvalue weighted by Crippen LogP contribution is 2.56. The second-order valence-corrected chi connectivity index (χ2v) is 11.1. The fourth-order valence-electron chi connectivity index (χ4n) is 4.30. The average Bonchev–Trinajstić information content (AvgIpc) is 2.86. The smallest absolute Gasteiger partial charge is 0.432 e. The molecule has 0 unspecified atom stereocenters. The quantitative estimate of drug-likeness (QED) is 0.232. The number of nitrogens with zero attached hydrogens (tertiary/aromatic N) is 1. The molecule has 2 aromatic carbocycles. The average molecular weight is 474 g/mol. The van der Waals surface area contributed by atoms with Crippen LogP contribution >= 0.6 is 7.05 Å². The van der Waals surface area contributed by atoms with Gasteiger partial charge in [0.1, 0.15) is 0 Å². The van der Waals surface area contributed by atoms with E-state index in [2.05, 4.69) is 4.74 Å². The molecule has 0 aliphatic heterocycles. The fourth-order valence-corrected chi connectivity index (χ4v) is 8.42. The summed E-state index contributed by atoms with van der Waals surface area (Å²) < 4.78 is 19.6. The van der Waals surface area contributed by atoms with Gasteiger partial charge in [-0.15, -0.1) is 0 Å². The molecular weight excluding hydrogens is 441 g/mol. The van der Waals surface area contributed by atoms with Crippen LogP contribution in [0.4, 0.5) is 4.79 Å². The van der Waals surface area contributed by atoms with E-state index in [1.165, 1.54) is 21.3 Å². The standard InChI is InChI=1S/C25H32NO6P/c1-6-13-21(22(23(27)30-3)24(28)31-4)18(2)33(26-25(29)32-5,19-14-9-7-10-15-19)20-16-11-8-12-17-20/h7-12,14-18,21-22H,6,13H2,1-5H3/t18-,21+/m1/s1. The lowest BCUT2D eigenvalue weighted by molar-refractivity contribution is -0.161. The maximum Gasteiger partial charge on any atom is 0.432 e. The van der Waals surface area contributed by atoms with Crippen LogP contribution in [0.2, 0.25) is 0 Å². The van der Waals surface area contributed by atoms with E-state index in [9.17, 15) is 14.4 Å². The summed E-state index contributed by atoms with van der Waals surface area (Å²) in [6.45, 7) is 3.92. The molecular formula is C25H32NO6P. The first kappa shape index (κ1) is 26.3. The number of carbonyl (C=O) groups excluding carboxylic acids is 3. The monoisotopic (exact) mass is 473 g/mol. The summed E-state index contributed by atoms with van der Waals surface area (Å²) in [4.78, 5) is 38.2. The zero-order valence-corrected chi connectivity index (χ0v) is 20.7. The van der Waals surface area contributed by atoms with Crippen molar-refractivity contribution < 1.29 is 28.6 Å². The molecule has 0 saturated heterocycles. The Kier molecular flexibility index (Phi) is 9.86. The van der Waals surface area contributed by atoms with Gasteiger partial charge in [0.25, 0.3) is 0 Å². The van der Waals surface area contributed by atoms with Crippen molar-refractivity contribution in [3.05, 3.63) is 60.7 Å². The molecule has 0 aliphatic rings. The van der Waals surface area contributed by atoms with Crippen LogP contribution in [0.5, 0.6) is 0 Å². The molecule has 0 radical (unpaired) electrons. The summed E-state index contributed by atoms with van der Waals surface area (Å²) in [7, 11) is 0.921. The first-order chi connectivity index (χ1) is 15.9. The number of benzene rings is 2. The van der Waals surface area contributed by atoms with Crippen LogP contribution in [0.15, 0.2) is 65.4 Å². The van der Waals surface area contributed by atoms with Gasteiger partial charge in [-0.1, -0.05) is 80.9 Å². The molecule has 0 spiro atoms. The van der Waals surface area contributed by atoms with E-state index in [1.807, 2.05) is 74.5 Å². The number of rotatable bonds is 9. The summed E-state index contributed by atoms with van der Waals surface area (Å²) in [6, 6.07) is 19.0. The molecule has 0 heterocycles. The molecule has 0 N–H and O–H groups in total. The Hall–Kier alpha value is -2.92. The van der Waals surface area contributed by atoms with Crippen LogP contribution in [0, 0.1) is 11.8 Å². The van der Waals surface area contributed by atoms with E-state index >= 15 is 0 Å². The lowest BCUT2D eigenvalue weighted by Gasteiger charge is -2.38. The second kappa shape index (κ2) is 12.4. The van der Waals surface area contributed by atoms with Gasteiger partial charge in [0.15, 0.2) is 5.92 Å². The lowest BCUT2D eigenvalue weighted by atomic mass is 9.86. The third-order valence-corrected chi connectivity index (χ3v) is 10.1. The minimum Gasteiger partial charge on any atom is -0.468 e. The Balaban J connectivity index is 2.91. The molecule has 0 saturated carbocycles. The van der Waals surface area contributed by atoms with Gasteiger partial charge >= 0.3 is 18.0 Å². The zero-order chi connectivity index (χ0) is 24.4. The maximum absolute atomic E-state index is 12.8. The first-order valence-electron chi connectivity index (χ1n) is 10.8. The van der Waals surface area contributed by atoms with E-state index in [4.69, 9.17) is 14.2 Å². The van der Waals surface area contributed by atoms with Crippen molar-refractivity contribution in [1.82, 2.24) is 0 Å². The second-order valence-electron chi connectivity index (χ2n) is 7.64. The van der Waals surface area contributed by atoms with Crippen molar-refractivity contribution in [3.8, 4) is 0 Å². The van der Waals surface area contributed by atoms with Gasteiger partial charge in [-0.25, -0.2) is 4.79 Å². The van der Waals surface area contributed by atoms with Crippen LogP contribution in [-0.2, 0) is 23.8 Å². The van der Waals surface area contributed by atoms with Crippen molar-refractivity contribution in [1.29, 1.82) is 0 Å². The molecule has 1 amide bonds. The molecule has 7 nitrogen and oxygen atoms in total. The highest BCUT2D eigenvalue weighted by Gasteiger charge is 2.46. The Morgan fingerprint density at radius 2 is 1.27 bits per heavy atom. The summed E-state index contributed by atoms with van der Waals surface area (Å²) in [5.41, 5.74) is -0.385. The largest absolute Gasteiger partial charge is 0.468 e. The van der Waals surface area contributed by atoms with E-state index in [0.717, 1.165) is 10.6 Å². The number of hydrogen-bond donors (Lipinski definition) is 0. The van der Waals surface area contributed by atoms with Crippen molar-refractivity contribution in [2.75, 3.05) is 21.3 Å². The normalized spacial score (nSPS) is 13.0. The SMILES string of the molecule is CCC[C@H](C(C(=O)OC)C(=O)OC)[C@@H](C)P(=NC(=O)OC)(c1ccccc1)c1ccccc1. The minimum atomic E-state index is -2.87. The van der Waals surface area contributed by atoms with Gasteiger partial charge in [-0.2, -0.15) is 4.74 Å². The van der Waals surface area contributed by atoms with Crippen LogP contribution in [0.25, 0.3) is 0 Å². The zero-order valence-electron chi connectivity index (χ0n) is 19.8. The number of carbonyl (C=O) groups is 3. The third kappa shape index (κ3) is 5.72. The van der Waals surface area contributed by atoms with Crippen molar-refractivity contribution in [3.63, 3.8) is 0 Å². The van der Waals surface area contributed by atoms with Crippen molar-refractivity contribution in [2.45, 2.75) is 32.3 Å². The highest BCUT2D eigenvalue weighted by atomic mass is 31.2. The molecule has 8 heteroatoms. The molecule has 2 rings (SSSR count). The number of amides is 1. The fraction of sp³-hybridized carbons (Fsp3) is 0.400. The number of hydrogen-bond acceptors (Lipinski definition) is 6. The first-order valence-corrected chi connectivity index (χ1v) is 12.6. The predicted octanol–water partition coefficient (Wildman–Crippen LogP) is 4.37. The maximum atomic E-state index is 12.8. The Morgan fingerprint density at radius 3 is 1.64 bits per heavy atom. The molecule has 0 bridgehead atoms. The van der Waals surface area contributed by atoms with Crippen molar-refractivity contribution in [2.24, 2.45) is 16.6 Å². The number of ether oxygens (including phenoxy) is 3. The van der Waals surface area contributed by atoms with Crippen molar-refractivity contribution >= 4 is 35.7 Å². The topological polar surface area (TPSA) is 91.3 Å². The number of methoxy groups -OCH3 is 3. The van der Waals surface area contributed by atoms with Gasteiger partial charge in [0.05, 0.1) is 21.3 Å². The number of esters is 2. The minimum absolute atomic E-state index is 0.385. The van der Waals surface area contributed by atoms with Gasteiger partial charge in [0, 0.05) is 12.7 Å².